The molecule has 0 spiro atoms. The standard InChI is InChI=1S/C17H25NO2S/c1-2-20-16(19)17(18,14-8-4-3-5-9-14)12-13-21-15-10-6-7-11-15/h3-5,8-9,15H,2,6-7,10-13,18H2,1H3. The molecule has 21 heavy (non-hydrogen) atoms. The van der Waals surface area contributed by atoms with Gasteiger partial charge in [0.05, 0.1) is 6.61 Å². The smallest absolute Gasteiger partial charge is 0.330 e. The lowest BCUT2D eigenvalue weighted by molar-refractivity contribution is -0.150. The number of hydrogen-bond acceptors (Lipinski definition) is 4. The van der Waals surface area contributed by atoms with E-state index in [1.54, 1.807) is 0 Å². The molecular formula is C17H25NO2S. The molecule has 0 aliphatic heterocycles. The van der Waals surface area contributed by atoms with E-state index in [4.69, 9.17) is 10.5 Å². The lowest BCUT2D eigenvalue weighted by atomic mass is 9.88. The molecule has 0 heterocycles. The van der Waals surface area contributed by atoms with Crippen molar-refractivity contribution in [1.82, 2.24) is 0 Å². The summed E-state index contributed by atoms with van der Waals surface area (Å²) < 4.78 is 5.21. The zero-order valence-electron chi connectivity index (χ0n) is 12.7. The van der Waals surface area contributed by atoms with Crippen molar-refractivity contribution in [3.63, 3.8) is 0 Å². The van der Waals surface area contributed by atoms with Gasteiger partial charge in [0.25, 0.3) is 0 Å². The number of ether oxygens (including phenoxy) is 1. The molecule has 4 heteroatoms. The van der Waals surface area contributed by atoms with Crippen molar-refractivity contribution in [1.29, 1.82) is 0 Å². The van der Waals surface area contributed by atoms with Gasteiger partial charge in [0.15, 0.2) is 0 Å². The molecule has 0 saturated heterocycles. The Morgan fingerprint density at radius 1 is 1.33 bits per heavy atom. The number of rotatable bonds is 7. The van der Waals surface area contributed by atoms with Crippen molar-refractivity contribution in [2.24, 2.45) is 5.73 Å². The Bertz CT molecular complexity index is 445. The Morgan fingerprint density at radius 2 is 2.00 bits per heavy atom. The summed E-state index contributed by atoms with van der Waals surface area (Å²) in [6.45, 7) is 2.18. The fourth-order valence-electron chi connectivity index (χ4n) is 2.80. The van der Waals surface area contributed by atoms with Gasteiger partial charge in [-0.2, -0.15) is 11.8 Å². The van der Waals surface area contributed by atoms with Gasteiger partial charge in [0.1, 0.15) is 5.54 Å². The molecule has 1 aliphatic rings. The maximum atomic E-state index is 12.3. The molecule has 3 nitrogen and oxygen atoms in total. The predicted molar refractivity (Wildman–Crippen MR) is 88.3 cm³/mol. The second-order valence-electron chi connectivity index (χ2n) is 5.59. The van der Waals surface area contributed by atoms with Gasteiger partial charge in [-0.3, -0.25) is 0 Å². The molecule has 1 aliphatic carbocycles. The number of carbonyl (C=O) groups excluding carboxylic acids is 1. The molecule has 0 radical (unpaired) electrons. The van der Waals surface area contributed by atoms with Gasteiger partial charge in [-0.05, 0) is 37.5 Å². The van der Waals surface area contributed by atoms with Crippen molar-refractivity contribution in [3.05, 3.63) is 35.9 Å². The van der Waals surface area contributed by atoms with Crippen LogP contribution in [0.5, 0.6) is 0 Å². The second kappa shape index (κ2) is 7.85. The molecule has 1 aromatic rings. The first-order valence-electron chi connectivity index (χ1n) is 7.80. The number of thioether (sulfide) groups is 1. The second-order valence-corrected chi connectivity index (χ2v) is 6.99. The minimum absolute atomic E-state index is 0.316. The average Bonchev–Trinajstić information content (AvgIpc) is 3.01. The van der Waals surface area contributed by atoms with Crippen molar-refractivity contribution in [2.45, 2.75) is 49.8 Å². The highest BCUT2D eigenvalue weighted by molar-refractivity contribution is 7.99. The van der Waals surface area contributed by atoms with Gasteiger partial charge < -0.3 is 10.5 Å². The number of esters is 1. The van der Waals surface area contributed by atoms with Crippen LogP contribution in [-0.4, -0.2) is 23.6 Å². The summed E-state index contributed by atoms with van der Waals surface area (Å²) in [5, 5.41) is 0.743. The zero-order valence-corrected chi connectivity index (χ0v) is 13.5. The maximum absolute atomic E-state index is 12.3. The molecule has 0 amide bonds. The highest BCUT2D eigenvalue weighted by Gasteiger charge is 2.37. The normalized spacial score (nSPS) is 18.4. The minimum Gasteiger partial charge on any atom is -0.464 e. The van der Waals surface area contributed by atoms with Crippen LogP contribution in [0.15, 0.2) is 30.3 Å². The number of nitrogens with two attached hydrogens (primary N) is 1. The van der Waals surface area contributed by atoms with Crippen molar-refractivity contribution in [3.8, 4) is 0 Å². The third-order valence-electron chi connectivity index (χ3n) is 4.08. The topological polar surface area (TPSA) is 52.3 Å². The fourth-order valence-corrected chi connectivity index (χ4v) is 4.24. The summed E-state index contributed by atoms with van der Waals surface area (Å²) in [5.74, 6) is 0.581. The van der Waals surface area contributed by atoms with Gasteiger partial charge in [-0.25, -0.2) is 4.79 Å². The number of carbonyl (C=O) groups is 1. The first kappa shape index (κ1) is 16.4. The van der Waals surface area contributed by atoms with E-state index >= 15 is 0 Å². The third kappa shape index (κ3) is 4.24. The first-order valence-corrected chi connectivity index (χ1v) is 8.85. The van der Waals surface area contributed by atoms with E-state index in [1.807, 2.05) is 49.0 Å². The first-order chi connectivity index (χ1) is 10.2. The Labute approximate surface area is 131 Å². The quantitative estimate of drug-likeness (QED) is 0.784. The van der Waals surface area contributed by atoms with Crippen molar-refractivity contribution < 1.29 is 9.53 Å². The van der Waals surface area contributed by atoms with Crippen LogP contribution in [0.2, 0.25) is 0 Å². The van der Waals surface area contributed by atoms with E-state index in [-0.39, 0.29) is 5.97 Å². The summed E-state index contributed by atoms with van der Waals surface area (Å²) in [6, 6.07) is 9.59. The van der Waals surface area contributed by atoms with Crippen LogP contribution in [0, 0.1) is 0 Å². The van der Waals surface area contributed by atoms with Gasteiger partial charge in [0, 0.05) is 5.25 Å². The Hall–Kier alpha value is -1.00. The fraction of sp³-hybridized carbons (Fsp3) is 0.588. The monoisotopic (exact) mass is 307 g/mol. The van der Waals surface area contributed by atoms with E-state index in [9.17, 15) is 4.79 Å². The molecule has 0 bridgehead atoms. The molecule has 1 aromatic carbocycles. The van der Waals surface area contributed by atoms with Crippen LogP contribution in [0.3, 0.4) is 0 Å². The summed E-state index contributed by atoms with van der Waals surface area (Å²) >= 11 is 1.95. The van der Waals surface area contributed by atoms with E-state index in [0.29, 0.717) is 13.0 Å². The molecule has 2 N–H and O–H groups in total. The minimum atomic E-state index is -1.02. The molecule has 1 saturated carbocycles. The van der Waals surface area contributed by atoms with E-state index < -0.39 is 5.54 Å². The van der Waals surface area contributed by atoms with Crippen LogP contribution < -0.4 is 5.73 Å². The van der Waals surface area contributed by atoms with E-state index in [1.165, 1.54) is 25.7 Å². The highest BCUT2D eigenvalue weighted by Crippen LogP contribution is 2.32. The number of benzene rings is 1. The Kier molecular flexibility index (Phi) is 6.12. The van der Waals surface area contributed by atoms with Crippen molar-refractivity contribution in [2.75, 3.05) is 12.4 Å². The van der Waals surface area contributed by atoms with E-state index in [2.05, 4.69) is 0 Å². The summed E-state index contributed by atoms with van der Waals surface area (Å²) in [7, 11) is 0. The lowest BCUT2D eigenvalue weighted by Gasteiger charge is -2.28. The molecular weight excluding hydrogens is 282 g/mol. The van der Waals surface area contributed by atoms with Crippen LogP contribution in [0.25, 0.3) is 0 Å². The highest BCUT2D eigenvalue weighted by atomic mass is 32.2. The largest absolute Gasteiger partial charge is 0.464 e. The van der Waals surface area contributed by atoms with Gasteiger partial charge in [0.2, 0.25) is 0 Å². The van der Waals surface area contributed by atoms with Crippen LogP contribution >= 0.6 is 11.8 Å². The van der Waals surface area contributed by atoms with Gasteiger partial charge in [-0.15, -0.1) is 0 Å². The lowest BCUT2D eigenvalue weighted by Crippen LogP contribution is -2.46. The molecule has 2 rings (SSSR count). The SMILES string of the molecule is CCOC(=O)C(N)(CCSC1CCCC1)c1ccccc1. The van der Waals surface area contributed by atoms with Crippen molar-refractivity contribution >= 4 is 17.7 Å². The zero-order chi connectivity index (χ0) is 15.1. The average molecular weight is 307 g/mol. The Balaban J connectivity index is 2.02. The van der Waals surface area contributed by atoms with Gasteiger partial charge >= 0.3 is 5.97 Å². The van der Waals surface area contributed by atoms with Crippen LogP contribution in [0.1, 0.15) is 44.6 Å². The molecule has 1 fully saturated rings. The summed E-state index contributed by atoms with van der Waals surface area (Å²) in [6.07, 6.45) is 5.89. The predicted octanol–water partition coefficient (Wildman–Crippen LogP) is 3.47. The van der Waals surface area contributed by atoms with Crippen LogP contribution in [0.4, 0.5) is 0 Å². The molecule has 1 atom stereocenters. The van der Waals surface area contributed by atoms with Crippen LogP contribution in [-0.2, 0) is 15.1 Å². The van der Waals surface area contributed by atoms with E-state index in [0.717, 1.165) is 16.6 Å². The Morgan fingerprint density at radius 3 is 2.62 bits per heavy atom. The molecule has 1 unspecified atom stereocenters. The summed E-state index contributed by atoms with van der Waals surface area (Å²) in [4.78, 5) is 12.3. The number of hydrogen-bond donors (Lipinski definition) is 1. The molecule has 116 valence electrons. The van der Waals surface area contributed by atoms with Gasteiger partial charge in [-0.1, -0.05) is 43.2 Å². The summed E-state index contributed by atoms with van der Waals surface area (Å²) in [5.41, 5.74) is 6.26. The third-order valence-corrected chi connectivity index (χ3v) is 5.46. The maximum Gasteiger partial charge on any atom is 0.330 e. The molecule has 0 aromatic heterocycles.